The van der Waals surface area contributed by atoms with Gasteiger partial charge >= 0.3 is 5.97 Å². The Labute approximate surface area is 118 Å². The lowest BCUT2D eigenvalue weighted by Crippen LogP contribution is -2.29. The van der Waals surface area contributed by atoms with Crippen LogP contribution in [0.3, 0.4) is 0 Å². The van der Waals surface area contributed by atoms with E-state index in [1.54, 1.807) is 37.5 Å². The largest absolute Gasteiger partial charge is 0.497 e. The lowest BCUT2D eigenvalue weighted by molar-refractivity contribution is -0.148. The van der Waals surface area contributed by atoms with Crippen molar-refractivity contribution in [2.75, 3.05) is 12.4 Å². The van der Waals surface area contributed by atoms with E-state index in [0.29, 0.717) is 11.4 Å². The van der Waals surface area contributed by atoms with Crippen LogP contribution in [0.5, 0.6) is 5.75 Å². The van der Waals surface area contributed by atoms with Crippen molar-refractivity contribution in [3.8, 4) is 5.75 Å². The van der Waals surface area contributed by atoms with Gasteiger partial charge in [-0.15, -0.1) is 0 Å². The standard InChI is InChI=1S/C15H19NO4/c1-4-5-6-14(17)20-11(2)15(18)16-12-7-9-13(19-3)10-8-12/h5-11H,4H2,1-3H3,(H,16,18)/b6-5+/t11-/m1/s1. The number of methoxy groups -OCH3 is 1. The molecule has 0 saturated carbocycles. The molecule has 0 bridgehead atoms. The molecule has 1 rings (SSSR count). The highest BCUT2D eigenvalue weighted by molar-refractivity contribution is 5.95. The molecule has 1 N–H and O–H groups in total. The normalized spacial score (nSPS) is 11.9. The number of carbonyl (C=O) groups excluding carboxylic acids is 2. The van der Waals surface area contributed by atoms with Gasteiger partial charge in [0.05, 0.1) is 7.11 Å². The Morgan fingerprint density at radius 3 is 2.50 bits per heavy atom. The van der Waals surface area contributed by atoms with E-state index in [4.69, 9.17) is 9.47 Å². The third kappa shape index (κ3) is 5.14. The summed E-state index contributed by atoms with van der Waals surface area (Å²) in [4.78, 5) is 23.2. The third-order valence-corrected chi connectivity index (χ3v) is 2.51. The molecule has 0 aliphatic carbocycles. The molecule has 1 aromatic rings. The smallest absolute Gasteiger partial charge is 0.331 e. The molecule has 0 saturated heterocycles. The molecule has 0 heterocycles. The van der Waals surface area contributed by atoms with Gasteiger partial charge in [0.1, 0.15) is 5.75 Å². The van der Waals surface area contributed by atoms with Crippen molar-refractivity contribution >= 4 is 17.6 Å². The van der Waals surface area contributed by atoms with Crippen LogP contribution in [-0.2, 0) is 14.3 Å². The fourth-order valence-electron chi connectivity index (χ4n) is 1.40. The summed E-state index contributed by atoms with van der Waals surface area (Å²) in [6.07, 6.45) is 2.88. The summed E-state index contributed by atoms with van der Waals surface area (Å²) in [7, 11) is 1.57. The second-order valence-electron chi connectivity index (χ2n) is 4.11. The average Bonchev–Trinajstić information content (AvgIpc) is 2.45. The van der Waals surface area contributed by atoms with Crippen LogP contribution in [0.4, 0.5) is 5.69 Å². The maximum absolute atomic E-state index is 11.8. The molecule has 5 heteroatoms. The van der Waals surface area contributed by atoms with E-state index in [-0.39, 0.29) is 5.91 Å². The second-order valence-corrected chi connectivity index (χ2v) is 4.11. The molecule has 0 unspecified atom stereocenters. The number of nitrogens with one attached hydrogen (secondary N) is 1. The minimum atomic E-state index is -0.855. The number of benzene rings is 1. The Kier molecular flexibility index (Phi) is 6.29. The van der Waals surface area contributed by atoms with Crippen LogP contribution in [0.1, 0.15) is 20.3 Å². The molecule has 1 amide bonds. The minimum Gasteiger partial charge on any atom is -0.497 e. The highest BCUT2D eigenvalue weighted by Gasteiger charge is 2.16. The van der Waals surface area contributed by atoms with Gasteiger partial charge in [-0.2, -0.15) is 0 Å². The first-order chi connectivity index (χ1) is 9.56. The van der Waals surface area contributed by atoms with Crippen LogP contribution < -0.4 is 10.1 Å². The van der Waals surface area contributed by atoms with Crippen molar-refractivity contribution in [2.45, 2.75) is 26.4 Å². The van der Waals surface area contributed by atoms with Gasteiger partial charge in [0.2, 0.25) is 0 Å². The van der Waals surface area contributed by atoms with Crippen molar-refractivity contribution in [3.05, 3.63) is 36.4 Å². The number of anilines is 1. The molecular weight excluding hydrogens is 258 g/mol. The Morgan fingerprint density at radius 2 is 1.95 bits per heavy atom. The maximum atomic E-state index is 11.8. The zero-order valence-corrected chi connectivity index (χ0v) is 11.9. The van der Waals surface area contributed by atoms with Gasteiger partial charge in [-0.3, -0.25) is 4.79 Å². The van der Waals surface area contributed by atoms with Crippen LogP contribution in [0.25, 0.3) is 0 Å². The van der Waals surface area contributed by atoms with Crippen molar-refractivity contribution in [1.82, 2.24) is 0 Å². The molecule has 0 fully saturated rings. The molecule has 5 nitrogen and oxygen atoms in total. The van der Waals surface area contributed by atoms with Crippen LogP contribution in [0, 0.1) is 0 Å². The SMILES string of the molecule is CC/C=C/C(=O)O[C@H](C)C(=O)Nc1ccc(OC)cc1. The zero-order valence-electron chi connectivity index (χ0n) is 11.9. The molecule has 0 radical (unpaired) electrons. The van der Waals surface area contributed by atoms with Crippen molar-refractivity contribution < 1.29 is 19.1 Å². The highest BCUT2D eigenvalue weighted by Crippen LogP contribution is 2.15. The number of rotatable bonds is 6. The number of allylic oxidation sites excluding steroid dienone is 1. The fourth-order valence-corrected chi connectivity index (χ4v) is 1.40. The lowest BCUT2D eigenvalue weighted by atomic mass is 10.3. The first-order valence-electron chi connectivity index (χ1n) is 6.39. The fraction of sp³-hybridized carbons (Fsp3) is 0.333. The minimum absolute atomic E-state index is 0.381. The number of hydrogen-bond acceptors (Lipinski definition) is 4. The Hall–Kier alpha value is -2.30. The number of amides is 1. The van der Waals surface area contributed by atoms with E-state index in [1.807, 2.05) is 6.92 Å². The molecule has 0 aliphatic rings. The predicted octanol–water partition coefficient (Wildman–Crippen LogP) is 2.53. The number of carbonyl (C=O) groups is 2. The molecule has 1 aromatic carbocycles. The maximum Gasteiger partial charge on any atom is 0.331 e. The third-order valence-electron chi connectivity index (χ3n) is 2.51. The van der Waals surface area contributed by atoms with Gasteiger partial charge in [0, 0.05) is 11.8 Å². The summed E-state index contributed by atoms with van der Waals surface area (Å²) in [5.74, 6) is -0.204. The highest BCUT2D eigenvalue weighted by atomic mass is 16.5. The molecule has 0 spiro atoms. The number of hydrogen-bond donors (Lipinski definition) is 1. The monoisotopic (exact) mass is 277 g/mol. The molecule has 0 aliphatic heterocycles. The zero-order chi connectivity index (χ0) is 15.0. The number of esters is 1. The van der Waals surface area contributed by atoms with Crippen LogP contribution in [-0.4, -0.2) is 25.1 Å². The second kappa shape index (κ2) is 7.99. The van der Waals surface area contributed by atoms with Crippen LogP contribution >= 0.6 is 0 Å². The van der Waals surface area contributed by atoms with Gasteiger partial charge in [-0.1, -0.05) is 13.0 Å². The summed E-state index contributed by atoms with van der Waals surface area (Å²) in [6, 6.07) is 6.89. The van der Waals surface area contributed by atoms with Gasteiger partial charge in [0.15, 0.2) is 6.10 Å². The van der Waals surface area contributed by atoms with Gasteiger partial charge in [0.25, 0.3) is 5.91 Å². The molecule has 108 valence electrons. The van der Waals surface area contributed by atoms with E-state index < -0.39 is 12.1 Å². The summed E-state index contributed by atoms with van der Waals surface area (Å²) in [5, 5.41) is 2.66. The van der Waals surface area contributed by atoms with E-state index in [2.05, 4.69) is 5.32 Å². The summed E-state index contributed by atoms with van der Waals surface area (Å²) in [6.45, 7) is 3.43. The van der Waals surface area contributed by atoms with Gasteiger partial charge < -0.3 is 14.8 Å². The average molecular weight is 277 g/mol. The van der Waals surface area contributed by atoms with Crippen LogP contribution in [0.15, 0.2) is 36.4 Å². The van der Waals surface area contributed by atoms with E-state index in [1.165, 1.54) is 13.0 Å². The van der Waals surface area contributed by atoms with E-state index >= 15 is 0 Å². The van der Waals surface area contributed by atoms with Crippen molar-refractivity contribution in [1.29, 1.82) is 0 Å². The Balaban J connectivity index is 2.52. The predicted molar refractivity (Wildman–Crippen MR) is 76.6 cm³/mol. The van der Waals surface area contributed by atoms with E-state index in [0.717, 1.165) is 6.42 Å². The summed E-state index contributed by atoms with van der Waals surface area (Å²) >= 11 is 0. The lowest BCUT2D eigenvalue weighted by Gasteiger charge is -2.12. The Bertz CT molecular complexity index is 479. The first kappa shape index (κ1) is 15.8. The molecule has 0 aromatic heterocycles. The van der Waals surface area contributed by atoms with Crippen molar-refractivity contribution in [3.63, 3.8) is 0 Å². The number of ether oxygens (including phenoxy) is 2. The molecular formula is C15H19NO4. The van der Waals surface area contributed by atoms with Gasteiger partial charge in [-0.25, -0.2) is 4.79 Å². The quantitative estimate of drug-likeness (QED) is 0.641. The summed E-state index contributed by atoms with van der Waals surface area (Å²) in [5.41, 5.74) is 0.614. The summed E-state index contributed by atoms with van der Waals surface area (Å²) < 4.78 is 9.99. The first-order valence-corrected chi connectivity index (χ1v) is 6.39. The van der Waals surface area contributed by atoms with Crippen molar-refractivity contribution in [2.24, 2.45) is 0 Å². The van der Waals surface area contributed by atoms with Gasteiger partial charge in [-0.05, 0) is 37.6 Å². The topological polar surface area (TPSA) is 64.6 Å². The molecule has 1 atom stereocenters. The Morgan fingerprint density at radius 1 is 1.30 bits per heavy atom. The van der Waals surface area contributed by atoms with Crippen LogP contribution in [0.2, 0.25) is 0 Å². The van der Waals surface area contributed by atoms with E-state index in [9.17, 15) is 9.59 Å². The molecule has 20 heavy (non-hydrogen) atoms.